The van der Waals surface area contributed by atoms with E-state index in [1.165, 1.54) is 4.90 Å². The molecule has 8 nitrogen and oxygen atoms in total. The molecular formula is C24H27NO7. The molecule has 2 atom stereocenters. The molecular weight excluding hydrogens is 414 g/mol. The van der Waals surface area contributed by atoms with Crippen LogP contribution in [0.2, 0.25) is 0 Å². The second-order valence-electron chi connectivity index (χ2n) is 7.62. The second kappa shape index (κ2) is 9.58. The van der Waals surface area contributed by atoms with Crippen LogP contribution in [0.1, 0.15) is 51.6 Å². The maximum atomic E-state index is 12.4. The summed E-state index contributed by atoms with van der Waals surface area (Å²) in [7, 11) is 4.73. The summed E-state index contributed by atoms with van der Waals surface area (Å²) in [5, 5.41) is 0. The highest BCUT2D eigenvalue weighted by Gasteiger charge is 2.35. The number of methoxy groups -OCH3 is 3. The summed E-state index contributed by atoms with van der Waals surface area (Å²) in [6, 6.07) is 10.7. The first kappa shape index (κ1) is 22.1. The lowest BCUT2D eigenvalue weighted by Crippen LogP contribution is -2.31. The molecule has 170 valence electrons. The van der Waals surface area contributed by atoms with Gasteiger partial charge in [-0.1, -0.05) is 12.1 Å². The Morgan fingerprint density at radius 2 is 1.56 bits per heavy atom. The normalized spacial score (nSPS) is 19.9. The first-order chi connectivity index (χ1) is 15.6. The average molecular weight is 441 g/mol. The summed E-state index contributed by atoms with van der Waals surface area (Å²) in [4.78, 5) is 26.1. The fourth-order valence-corrected chi connectivity index (χ4v) is 4.14. The lowest BCUT2D eigenvalue weighted by atomic mass is 10.1. The maximum absolute atomic E-state index is 12.4. The van der Waals surface area contributed by atoms with Gasteiger partial charge in [-0.2, -0.15) is 0 Å². The van der Waals surface area contributed by atoms with Crippen LogP contribution in [0.5, 0.6) is 17.2 Å². The Balaban J connectivity index is 1.29. The number of hydrogen-bond donors (Lipinski definition) is 0. The highest BCUT2D eigenvalue weighted by molar-refractivity contribution is 6.21. The van der Waals surface area contributed by atoms with Gasteiger partial charge in [0.25, 0.3) is 11.8 Å². The van der Waals surface area contributed by atoms with Gasteiger partial charge in [-0.3, -0.25) is 14.5 Å². The average Bonchev–Trinajstić information content (AvgIpc) is 3.39. The molecule has 2 aliphatic heterocycles. The molecule has 0 saturated carbocycles. The van der Waals surface area contributed by atoms with Gasteiger partial charge in [0.15, 0.2) is 17.8 Å². The Kier molecular flexibility index (Phi) is 6.62. The van der Waals surface area contributed by atoms with E-state index in [-0.39, 0.29) is 24.2 Å². The molecule has 2 aliphatic rings. The number of carbonyl (C=O) groups is 2. The minimum atomic E-state index is -0.346. The van der Waals surface area contributed by atoms with Crippen LogP contribution >= 0.6 is 0 Å². The van der Waals surface area contributed by atoms with Gasteiger partial charge in [-0.05, 0) is 42.7 Å². The van der Waals surface area contributed by atoms with Crippen LogP contribution in [0.15, 0.2) is 36.4 Å². The molecule has 1 fully saturated rings. The molecule has 2 aromatic rings. The zero-order valence-corrected chi connectivity index (χ0v) is 18.5. The molecule has 0 aliphatic carbocycles. The van der Waals surface area contributed by atoms with E-state index >= 15 is 0 Å². The van der Waals surface area contributed by atoms with E-state index in [1.807, 2.05) is 12.1 Å². The van der Waals surface area contributed by atoms with Crippen molar-refractivity contribution in [2.45, 2.75) is 31.7 Å². The van der Waals surface area contributed by atoms with Crippen molar-refractivity contribution in [3.63, 3.8) is 0 Å². The molecule has 0 spiro atoms. The first-order valence-corrected chi connectivity index (χ1v) is 10.6. The SMILES string of the molecule is COc1cc(C2CCC(OCCCN3C(=O)c4ccccc4C3=O)O2)cc(OC)c1OC. The molecule has 0 radical (unpaired) electrons. The van der Waals surface area contributed by atoms with Crippen molar-refractivity contribution in [2.24, 2.45) is 0 Å². The quantitative estimate of drug-likeness (QED) is 0.434. The van der Waals surface area contributed by atoms with Crippen LogP contribution in [-0.2, 0) is 9.47 Å². The van der Waals surface area contributed by atoms with Crippen molar-refractivity contribution >= 4 is 11.8 Å². The van der Waals surface area contributed by atoms with Crippen molar-refractivity contribution < 1.29 is 33.3 Å². The van der Waals surface area contributed by atoms with Crippen LogP contribution in [0.25, 0.3) is 0 Å². The number of rotatable bonds is 9. The minimum Gasteiger partial charge on any atom is -0.493 e. The van der Waals surface area contributed by atoms with Gasteiger partial charge in [-0.25, -0.2) is 0 Å². The molecule has 0 bridgehead atoms. The summed E-state index contributed by atoms with van der Waals surface area (Å²) in [6.07, 6.45) is 1.59. The maximum Gasteiger partial charge on any atom is 0.261 e. The third-order valence-electron chi connectivity index (χ3n) is 5.75. The smallest absolute Gasteiger partial charge is 0.261 e. The molecule has 1 saturated heterocycles. The van der Waals surface area contributed by atoms with Crippen molar-refractivity contribution in [1.29, 1.82) is 0 Å². The minimum absolute atomic E-state index is 0.148. The van der Waals surface area contributed by atoms with Crippen LogP contribution in [0.3, 0.4) is 0 Å². The number of benzene rings is 2. The molecule has 2 unspecified atom stereocenters. The number of hydrogen-bond acceptors (Lipinski definition) is 7. The van der Waals surface area contributed by atoms with Crippen LogP contribution in [0, 0.1) is 0 Å². The predicted octanol–water partition coefficient (Wildman–Crippen LogP) is 3.59. The van der Waals surface area contributed by atoms with Crippen LogP contribution in [0.4, 0.5) is 0 Å². The third-order valence-corrected chi connectivity index (χ3v) is 5.75. The fraction of sp³-hybridized carbons (Fsp3) is 0.417. The van der Waals surface area contributed by atoms with E-state index in [4.69, 9.17) is 23.7 Å². The van der Waals surface area contributed by atoms with Gasteiger partial charge in [0.1, 0.15) is 0 Å². The van der Waals surface area contributed by atoms with E-state index in [2.05, 4.69) is 0 Å². The third kappa shape index (κ3) is 4.16. The summed E-state index contributed by atoms with van der Waals surface area (Å²) in [5.41, 5.74) is 1.85. The van der Waals surface area contributed by atoms with Crippen LogP contribution < -0.4 is 14.2 Å². The van der Waals surface area contributed by atoms with Gasteiger partial charge in [0.2, 0.25) is 5.75 Å². The van der Waals surface area contributed by atoms with E-state index in [1.54, 1.807) is 45.6 Å². The van der Waals surface area contributed by atoms with Gasteiger partial charge >= 0.3 is 0 Å². The molecule has 2 aromatic carbocycles. The summed E-state index contributed by atoms with van der Waals surface area (Å²) in [6.45, 7) is 0.704. The Hall–Kier alpha value is -3.10. The number of nitrogens with zero attached hydrogens (tertiary/aromatic N) is 1. The van der Waals surface area contributed by atoms with E-state index in [0.29, 0.717) is 47.9 Å². The standard InChI is InChI=1S/C24H27NO7/c1-28-19-13-15(14-20(29-2)22(19)30-3)18-9-10-21(32-18)31-12-6-11-25-23(26)16-7-4-5-8-17(16)24(25)27/h4-5,7-8,13-14,18,21H,6,9-12H2,1-3H3. The zero-order valence-electron chi connectivity index (χ0n) is 18.5. The zero-order chi connectivity index (χ0) is 22.7. The van der Waals surface area contributed by atoms with Crippen LogP contribution in [-0.4, -0.2) is 57.5 Å². The lowest BCUT2D eigenvalue weighted by Gasteiger charge is -2.19. The van der Waals surface area contributed by atoms with Crippen molar-refractivity contribution in [3.05, 3.63) is 53.1 Å². The monoisotopic (exact) mass is 441 g/mol. The van der Waals surface area contributed by atoms with E-state index in [0.717, 1.165) is 18.4 Å². The van der Waals surface area contributed by atoms with E-state index < -0.39 is 0 Å². The Morgan fingerprint density at radius 1 is 0.938 bits per heavy atom. The van der Waals surface area contributed by atoms with Crippen molar-refractivity contribution in [2.75, 3.05) is 34.5 Å². The summed E-state index contributed by atoms with van der Waals surface area (Å²) in [5.74, 6) is 1.21. The highest BCUT2D eigenvalue weighted by atomic mass is 16.7. The van der Waals surface area contributed by atoms with Gasteiger partial charge in [-0.15, -0.1) is 0 Å². The van der Waals surface area contributed by atoms with Crippen molar-refractivity contribution in [3.8, 4) is 17.2 Å². The lowest BCUT2D eigenvalue weighted by molar-refractivity contribution is -0.135. The molecule has 4 rings (SSSR count). The predicted molar refractivity (Wildman–Crippen MR) is 115 cm³/mol. The largest absolute Gasteiger partial charge is 0.493 e. The number of fused-ring (bicyclic) bond motifs is 1. The van der Waals surface area contributed by atoms with Crippen molar-refractivity contribution in [1.82, 2.24) is 4.90 Å². The molecule has 32 heavy (non-hydrogen) atoms. The Morgan fingerprint density at radius 3 is 2.12 bits per heavy atom. The summed E-state index contributed by atoms with van der Waals surface area (Å²) >= 11 is 0. The molecule has 2 heterocycles. The molecule has 0 N–H and O–H groups in total. The molecule has 2 amide bonds. The Bertz CT molecular complexity index is 946. The Labute approximate surface area is 187 Å². The van der Waals surface area contributed by atoms with Gasteiger partial charge < -0.3 is 23.7 Å². The van der Waals surface area contributed by atoms with Gasteiger partial charge in [0, 0.05) is 13.0 Å². The fourth-order valence-electron chi connectivity index (χ4n) is 4.14. The number of carbonyl (C=O) groups excluding carboxylic acids is 2. The number of imide groups is 1. The number of ether oxygens (including phenoxy) is 5. The summed E-state index contributed by atoms with van der Waals surface area (Å²) < 4.78 is 28.1. The molecule has 8 heteroatoms. The second-order valence-corrected chi connectivity index (χ2v) is 7.62. The number of amides is 2. The first-order valence-electron chi connectivity index (χ1n) is 10.6. The van der Waals surface area contributed by atoms with E-state index in [9.17, 15) is 9.59 Å². The topological polar surface area (TPSA) is 83.5 Å². The highest BCUT2D eigenvalue weighted by Crippen LogP contribution is 2.43. The molecule has 0 aromatic heterocycles. The van der Waals surface area contributed by atoms with Gasteiger partial charge in [0.05, 0.1) is 45.2 Å².